The Morgan fingerprint density at radius 1 is 1.33 bits per heavy atom. The summed E-state index contributed by atoms with van der Waals surface area (Å²) in [5, 5.41) is 4.43. The molecule has 0 saturated heterocycles. The van der Waals surface area contributed by atoms with Crippen LogP contribution in [0.4, 0.5) is 0 Å². The highest BCUT2D eigenvalue weighted by Gasteiger charge is 2.34. The summed E-state index contributed by atoms with van der Waals surface area (Å²) in [5.74, 6) is 0.308. The Bertz CT molecular complexity index is 643. The summed E-state index contributed by atoms with van der Waals surface area (Å²) in [6.07, 6.45) is 7.10. The molecule has 4 heteroatoms. The van der Waals surface area contributed by atoms with Crippen LogP contribution in [0.15, 0.2) is 54.2 Å². The van der Waals surface area contributed by atoms with Gasteiger partial charge in [-0.2, -0.15) is 0 Å². The Balaban J connectivity index is 1.90. The molecule has 4 nitrogen and oxygen atoms in total. The summed E-state index contributed by atoms with van der Waals surface area (Å²) in [6.45, 7) is 4.95. The van der Waals surface area contributed by atoms with Gasteiger partial charge in [0.15, 0.2) is 0 Å². The normalized spacial score (nSPS) is 20.7. The summed E-state index contributed by atoms with van der Waals surface area (Å²) in [5.41, 5.74) is 2.17. The van der Waals surface area contributed by atoms with Gasteiger partial charge in [0, 0.05) is 12.3 Å². The molecule has 2 aromatic rings. The Hall–Kier alpha value is -2.10. The molecular formula is C17H22N3O+. The van der Waals surface area contributed by atoms with Crippen molar-refractivity contribution in [3.05, 3.63) is 54.6 Å². The van der Waals surface area contributed by atoms with E-state index in [-0.39, 0.29) is 5.60 Å². The molecule has 1 unspecified atom stereocenters. The second-order valence-electron chi connectivity index (χ2n) is 6.35. The van der Waals surface area contributed by atoms with Crippen LogP contribution in [0, 0.1) is 0 Å². The SMILES string of the molecule is C[n+]1ccn(CC2=NOC(C)(C)CC2c2ccccc2)c1. The Kier molecular flexibility index (Phi) is 3.53. The third-order valence-corrected chi connectivity index (χ3v) is 3.88. The van der Waals surface area contributed by atoms with Gasteiger partial charge in [0.2, 0.25) is 6.33 Å². The average molecular weight is 284 g/mol. The molecule has 2 heterocycles. The summed E-state index contributed by atoms with van der Waals surface area (Å²) in [4.78, 5) is 5.68. The molecule has 1 aromatic heterocycles. The molecule has 1 aliphatic rings. The first-order valence-electron chi connectivity index (χ1n) is 7.34. The lowest BCUT2D eigenvalue weighted by atomic mass is 9.83. The van der Waals surface area contributed by atoms with E-state index in [4.69, 9.17) is 4.84 Å². The van der Waals surface area contributed by atoms with Crippen LogP contribution >= 0.6 is 0 Å². The third-order valence-electron chi connectivity index (χ3n) is 3.88. The number of nitrogens with zero attached hydrogens (tertiary/aromatic N) is 3. The van der Waals surface area contributed by atoms with Crippen LogP contribution in [0.1, 0.15) is 31.7 Å². The molecule has 0 aliphatic carbocycles. The number of benzene rings is 1. The van der Waals surface area contributed by atoms with E-state index in [1.165, 1.54) is 5.56 Å². The van der Waals surface area contributed by atoms with Crippen molar-refractivity contribution in [1.82, 2.24) is 4.57 Å². The summed E-state index contributed by atoms with van der Waals surface area (Å²) in [6, 6.07) is 10.6. The smallest absolute Gasteiger partial charge is 0.243 e. The summed E-state index contributed by atoms with van der Waals surface area (Å²) < 4.78 is 4.17. The molecule has 1 aliphatic heterocycles. The van der Waals surface area contributed by atoms with E-state index in [1.54, 1.807) is 0 Å². The minimum absolute atomic E-state index is 0.217. The molecule has 0 N–H and O–H groups in total. The minimum atomic E-state index is -0.217. The number of rotatable bonds is 3. The molecule has 21 heavy (non-hydrogen) atoms. The second kappa shape index (κ2) is 5.35. The second-order valence-corrected chi connectivity index (χ2v) is 6.35. The lowest BCUT2D eigenvalue weighted by molar-refractivity contribution is -0.671. The maximum atomic E-state index is 5.68. The fourth-order valence-corrected chi connectivity index (χ4v) is 2.81. The lowest BCUT2D eigenvalue weighted by Crippen LogP contribution is -2.35. The van der Waals surface area contributed by atoms with Crippen molar-refractivity contribution in [3.63, 3.8) is 0 Å². The van der Waals surface area contributed by atoms with E-state index in [0.29, 0.717) is 5.92 Å². The number of oxime groups is 1. The van der Waals surface area contributed by atoms with Gasteiger partial charge >= 0.3 is 0 Å². The van der Waals surface area contributed by atoms with Crippen LogP contribution in [-0.2, 0) is 18.4 Å². The quantitative estimate of drug-likeness (QED) is 0.797. The lowest BCUT2D eigenvalue weighted by Gasteiger charge is -2.33. The highest BCUT2D eigenvalue weighted by atomic mass is 16.6. The monoisotopic (exact) mass is 284 g/mol. The van der Waals surface area contributed by atoms with Gasteiger partial charge < -0.3 is 4.84 Å². The number of imidazole rings is 1. The largest absolute Gasteiger partial charge is 0.390 e. The maximum absolute atomic E-state index is 5.68. The van der Waals surface area contributed by atoms with Gasteiger partial charge in [0.05, 0.1) is 7.05 Å². The topological polar surface area (TPSA) is 30.4 Å². The number of hydrogen-bond donors (Lipinski definition) is 0. The van der Waals surface area contributed by atoms with E-state index in [9.17, 15) is 0 Å². The van der Waals surface area contributed by atoms with E-state index in [2.05, 4.69) is 66.4 Å². The molecular weight excluding hydrogens is 262 g/mol. The van der Waals surface area contributed by atoms with Gasteiger partial charge in [0.1, 0.15) is 30.3 Å². The van der Waals surface area contributed by atoms with Gasteiger partial charge in [-0.25, -0.2) is 9.13 Å². The molecule has 0 fully saturated rings. The Labute approximate surface area is 125 Å². The van der Waals surface area contributed by atoms with Crippen LogP contribution in [-0.4, -0.2) is 15.9 Å². The first-order valence-corrected chi connectivity index (χ1v) is 7.34. The van der Waals surface area contributed by atoms with E-state index in [1.807, 2.05) is 17.8 Å². The summed E-state index contributed by atoms with van der Waals surface area (Å²) in [7, 11) is 2.02. The standard InChI is InChI=1S/C17H22N3O/c1-17(2)11-15(14-7-5-4-6-8-14)16(18-21-17)12-20-10-9-19(3)13-20/h4-10,13,15H,11-12H2,1-3H3/q+1. The molecule has 0 spiro atoms. The molecule has 0 saturated carbocycles. The number of hydrogen-bond acceptors (Lipinski definition) is 2. The Morgan fingerprint density at radius 3 is 2.76 bits per heavy atom. The first kappa shape index (κ1) is 13.9. The van der Waals surface area contributed by atoms with E-state index in [0.717, 1.165) is 18.7 Å². The molecule has 110 valence electrons. The van der Waals surface area contributed by atoms with Gasteiger partial charge in [-0.05, 0) is 19.4 Å². The van der Waals surface area contributed by atoms with E-state index < -0.39 is 0 Å². The zero-order valence-corrected chi connectivity index (χ0v) is 12.9. The highest BCUT2D eigenvalue weighted by Crippen LogP contribution is 2.34. The predicted molar refractivity (Wildman–Crippen MR) is 82.0 cm³/mol. The molecule has 1 aromatic carbocycles. The van der Waals surface area contributed by atoms with Gasteiger partial charge in [0.25, 0.3) is 0 Å². The fraction of sp³-hybridized carbons (Fsp3) is 0.412. The van der Waals surface area contributed by atoms with Crippen LogP contribution in [0.25, 0.3) is 0 Å². The van der Waals surface area contributed by atoms with Crippen LogP contribution in [0.2, 0.25) is 0 Å². The van der Waals surface area contributed by atoms with Crippen LogP contribution in [0.3, 0.4) is 0 Å². The van der Waals surface area contributed by atoms with Crippen molar-refractivity contribution in [3.8, 4) is 0 Å². The number of aryl methyl sites for hydroxylation is 1. The van der Waals surface area contributed by atoms with Gasteiger partial charge in [-0.15, -0.1) is 0 Å². The Morgan fingerprint density at radius 2 is 2.10 bits per heavy atom. The first-order chi connectivity index (χ1) is 10.0. The zero-order chi connectivity index (χ0) is 14.9. The number of aromatic nitrogens is 2. The predicted octanol–water partition coefficient (Wildman–Crippen LogP) is 2.65. The third kappa shape index (κ3) is 3.15. The molecule has 0 amide bonds. The van der Waals surface area contributed by atoms with Gasteiger partial charge in [-0.1, -0.05) is 35.5 Å². The van der Waals surface area contributed by atoms with Crippen LogP contribution < -0.4 is 4.57 Å². The van der Waals surface area contributed by atoms with Crippen molar-refractivity contribution >= 4 is 5.71 Å². The highest BCUT2D eigenvalue weighted by molar-refractivity contribution is 5.91. The molecule has 0 radical (unpaired) electrons. The van der Waals surface area contributed by atoms with Crippen LogP contribution in [0.5, 0.6) is 0 Å². The van der Waals surface area contributed by atoms with E-state index >= 15 is 0 Å². The van der Waals surface area contributed by atoms with Gasteiger partial charge in [-0.3, -0.25) is 0 Å². The minimum Gasteiger partial charge on any atom is -0.390 e. The van der Waals surface area contributed by atoms with Crippen molar-refractivity contribution in [2.24, 2.45) is 12.2 Å². The van der Waals surface area contributed by atoms with Crippen molar-refractivity contribution in [2.75, 3.05) is 0 Å². The zero-order valence-electron chi connectivity index (χ0n) is 12.9. The maximum Gasteiger partial charge on any atom is 0.243 e. The molecule has 1 atom stereocenters. The van der Waals surface area contributed by atoms with Crippen molar-refractivity contribution in [2.45, 2.75) is 38.3 Å². The average Bonchev–Trinajstić information content (AvgIpc) is 2.87. The van der Waals surface area contributed by atoms with Crippen molar-refractivity contribution < 1.29 is 9.40 Å². The van der Waals surface area contributed by atoms with Crippen molar-refractivity contribution in [1.29, 1.82) is 0 Å². The fourth-order valence-electron chi connectivity index (χ4n) is 2.81. The molecule has 0 bridgehead atoms. The summed E-state index contributed by atoms with van der Waals surface area (Å²) >= 11 is 0. The molecule has 3 rings (SSSR count).